The molecule has 0 spiro atoms. The van der Waals surface area contributed by atoms with Crippen molar-refractivity contribution >= 4 is 40.4 Å². The van der Waals surface area contributed by atoms with Crippen LogP contribution in [0.15, 0.2) is 96.1 Å². The summed E-state index contributed by atoms with van der Waals surface area (Å²) in [5.41, 5.74) is 14.9. The molecular weight excluding hydrogens is 586 g/mol. The number of aliphatic carboxylic acids is 1. The van der Waals surface area contributed by atoms with Crippen molar-refractivity contribution in [2.75, 3.05) is 0 Å². The maximum absolute atomic E-state index is 13.6. The maximum Gasteiger partial charge on any atom is 0.307 e. The molecule has 2 nitrogen and oxygen atoms in total. The van der Waals surface area contributed by atoms with Crippen molar-refractivity contribution in [3.05, 3.63) is 152 Å². The fraction of sp³-hybridized carbons (Fsp3) is 0.233. The summed E-state index contributed by atoms with van der Waals surface area (Å²) in [5.74, 6) is -0.878. The molecule has 0 atom stereocenters. The molecule has 0 aromatic heterocycles. The number of carboxylic acid groups (broad SMARTS) is 1. The molecule has 4 aromatic carbocycles. The monoisotopic (exact) mass is 628 g/mol. The minimum atomic E-state index is -0.909. The Balaban J connectivity index is 0.000000185. The average Bonchev–Trinajstić information content (AvgIpc) is 3.45. The van der Waals surface area contributed by atoms with Crippen molar-refractivity contribution in [1.82, 2.24) is 0 Å². The van der Waals surface area contributed by atoms with Crippen LogP contribution in [-0.4, -0.2) is 11.1 Å². The van der Waals surface area contributed by atoms with E-state index in [0.717, 1.165) is 46.2 Å². The summed E-state index contributed by atoms with van der Waals surface area (Å²) in [6.07, 6.45) is 6.07. The second-order valence-corrected chi connectivity index (χ2v) is 12.5. The molecule has 240 valence electrons. The van der Waals surface area contributed by atoms with Crippen LogP contribution in [0.5, 0.6) is 0 Å². The van der Waals surface area contributed by atoms with E-state index < -0.39 is 5.97 Å². The van der Waals surface area contributed by atoms with Crippen molar-refractivity contribution in [3.63, 3.8) is 0 Å². The van der Waals surface area contributed by atoms with Gasteiger partial charge in [0.15, 0.2) is 0 Å². The van der Waals surface area contributed by atoms with Crippen molar-refractivity contribution in [2.45, 2.75) is 66.7 Å². The fourth-order valence-corrected chi connectivity index (χ4v) is 6.50. The normalized spacial score (nSPS) is 15.3. The molecule has 6 rings (SSSR count). The molecule has 47 heavy (non-hydrogen) atoms. The zero-order valence-corrected chi connectivity index (χ0v) is 28.0. The summed E-state index contributed by atoms with van der Waals surface area (Å²) in [7, 11) is 0. The van der Waals surface area contributed by atoms with Gasteiger partial charge in [0, 0.05) is 0 Å². The molecule has 2 aliphatic carbocycles. The lowest BCUT2D eigenvalue weighted by Crippen LogP contribution is -1.97. The smallest absolute Gasteiger partial charge is 0.307 e. The standard InChI is InChI=1S/C22H23F.C21H19FO2/c1-5-19-15(4)21(20-11-10-18(23)13-22(19)20)12-16-6-8-17(9-7-16)14(2)3;1-3-14-4-6-15(7-5-14)10-18-13(2)19(12-21(23)24)20-11-16(22)8-9-17(18)20/h6-14H,5H2,1-4H3;4-11H,3,12H2,1-2H3,(H,23,24)/b21-12-;18-10-. The first-order chi connectivity index (χ1) is 22.5. The predicted octanol–water partition coefficient (Wildman–Crippen LogP) is 11.9. The van der Waals surface area contributed by atoms with E-state index in [4.69, 9.17) is 0 Å². The number of halogens is 2. The van der Waals surface area contributed by atoms with Crippen LogP contribution in [0.4, 0.5) is 8.78 Å². The van der Waals surface area contributed by atoms with E-state index in [0.29, 0.717) is 17.1 Å². The number of benzene rings is 4. The van der Waals surface area contributed by atoms with Crippen molar-refractivity contribution < 1.29 is 18.7 Å². The number of rotatable bonds is 7. The number of allylic oxidation sites excluding steroid dienone is 5. The molecule has 2 aliphatic rings. The number of aryl methyl sites for hydroxylation is 1. The predicted molar refractivity (Wildman–Crippen MR) is 193 cm³/mol. The molecule has 0 unspecified atom stereocenters. The highest BCUT2D eigenvalue weighted by atomic mass is 19.1. The molecular formula is C43H42F2O2. The molecule has 0 aliphatic heterocycles. The number of carboxylic acids is 1. The number of hydrogen-bond acceptors (Lipinski definition) is 1. The first-order valence-corrected chi connectivity index (χ1v) is 16.4. The Labute approximate surface area is 277 Å². The largest absolute Gasteiger partial charge is 0.481 e. The van der Waals surface area contributed by atoms with Crippen LogP contribution < -0.4 is 0 Å². The summed E-state index contributed by atoms with van der Waals surface area (Å²) >= 11 is 0. The Morgan fingerprint density at radius 2 is 1.13 bits per heavy atom. The van der Waals surface area contributed by atoms with Gasteiger partial charge in [-0.1, -0.05) is 88.4 Å². The lowest BCUT2D eigenvalue weighted by molar-refractivity contribution is -0.135. The Kier molecular flexibility index (Phi) is 10.2. The quantitative estimate of drug-likeness (QED) is 0.221. The molecule has 0 saturated heterocycles. The van der Waals surface area contributed by atoms with Gasteiger partial charge in [0.05, 0.1) is 6.42 Å². The Morgan fingerprint density at radius 1 is 0.660 bits per heavy atom. The van der Waals surface area contributed by atoms with Crippen LogP contribution in [0, 0.1) is 11.6 Å². The molecule has 0 heterocycles. The Morgan fingerprint density at radius 3 is 1.57 bits per heavy atom. The molecule has 0 radical (unpaired) electrons. The van der Waals surface area contributed by atoms with Crippen LogP contribution >= 0.6 is 0 Å². The van der Waals surface area contributed by atoms with Gasteiger partial charge in [-0.05, 0) is 147 Å². The average molecular weight is 629 g/mol. The van der Waals surface area contributed by atoms with Crippen LogP contribution in [0.2, 0.25) is 0 Å². The summed E-state index contributed by atoms with van der Waals surface area (Å²) in [6, 6.07) is 26.7. The van der Waals surface area contributed by atoms with Crippen LogP contribution in [-0.2, 0) is 11.2 Å². The third kappa shape index (κ3) is 7.28. The lowest BCUT2D eigenvalue weighted by Gasteiger charge is -2.07. The summed E-state index contributed by atoms with van der Waals surface area (Å²) in [5, 5.41) is 9.17. The highest BCUT2D eigenvalue weighted by Crippen LogP contribution is 2.45. The van der Waals surface area contributed by atoms with Gasteiger partial charge in [-0.25, -0.2) is 8.78 Å². The van der Waals surface area contributed by atoms with Gasteiger partial charge < -0.3 is 5.11 Å². The topological polar surface area (TPSA) is 37.3 Å². The van der Waals surface area contributed by atoms with Gasteiger partial charge in [0.25, 0.3) is 0 Å². The molecule has 0 fully saturated rings. The first kappa shape index (κ1) is 33.5. The van der Waals surface area contributed by atoms with Gasteiger partial charge in [0.1, 0.15) is 11.6 Å². The van der Waals surface area contributed by atoms with Gasteiger partial charge in [-0.15, -0.1) is 0 Å². The van der Waals surface area contributed by atoms with E-state index in [9.17, 15) is 18.7 Å². The van der Waals surface area contributed by atoms with Gasteiger partial charge in [-0.3, -0.25) is 4.79 Å². The minimum absolute atomic E-state index is 0.103. The molecule has 0 amide bonds. The molecule has 4 heteroatoms. The van der Waals surface area contributed by atoms with E-state index in [2.05, 4.69) is 89.2 Å². The van der Waals surface area contributed by atoms with Gasteiger partial charge in [-0.2, -0.15) is 0 Å². The third-order valence-electron chi connectivity index (χ3n) is 9.20. The van der Waals surface area contributed by atoms with Crippen LogP contribution in [0.3, 0.4) is 0 Å². The molecule has 0 bridgehead atoms. The van der Waals surface area contributed by atoms with Crippen molar-refractivity contribution in [2.24, 2.45) is 0 Å². The van der Waals surface area contributed by atoms with E-state index >= 15 is 0 Å². The highest BCUT2D eigenvalue weighted by molar-refractivity contribution is 6.08. The lowest BCUT2D eigenvalue weighted by atomic mass is 9.98. The van der Waals surface area contributed by atoms with Crippen LogP contribution in [0.25, 0.3) is 34.4 Å². The maximum atomic E-state index is 13.6. The van der Waals surface area contributed by atoms with Crippen molar-refractivity contribution in [3.8, 4) is 0 Å². The SMILES string of the molecule is CCC1=C(C)/C(=C/c2ccc(C(C)C)cc2)c2ccc(F)cc21.CCc1ccc(/C=C2/C(C)=C(CC(=O)O)c3cc(F)ccc32)cc1. The number of carbonyl (C=O) groups is 1. The third-order valence-corrected chi connectivity index (χ3v) is 9.20. The molecule has 4 aromatic rings. The van der Waals surface area contributed by atoms with Gasteiger partial charge >= 0.3 is 5.97 Å². The second kappa shape index (κ2) is 14.3. The highest BCUT2D eigenvalue weighted by Gasteiger charge is 2.26. The van der Waals surface area contributed by atoms with Crippen molar-refractivity contribution in [1.29, 1.82) is 0 Å². The van der Waals surface area contributed by atoms with E-state index in [-0.39, 0.29) is 18.1 Å². The van der Waals surface area contributed by atoms with Crippen LogP contribution in [0.1, 0.15) is 105 Å². The summed E-state index contributed by atoms with van der Waals surface area (Å²) in [4.78, 5) is 11.2. The zero-order chi connectivity index (χ0) is 33.8. The molecule has 0 saturated carbocycles. The minimum Gasteiger partial charge on any atom is -0.481 e. The summed E-state index contributed by atoms with van der Waals surface area (Å²) in [6.45, 7) is 12.7. The fourth-order valence-electron chi connectivity index (χ4n) is 6.50. The number of hydrogen-bond donors (Lipinski definition) is 1. The summed E-state index contributed by atoms with van der Waals surface area (Å²) < 4.78 is 27.3. The van der Waals surface area contributed by atoms with E-state index in [1.807, 2.05) is 19.1 Å². The number of fused-ring (bicyclic) bond motifs is 2. The van der Waals surface area contributed by atoms with Gasteiger partial charge in [0.2, 0.25) is 0 Å². The van der Waals surface area contributed by atoms with E-state index in [1.165, 1.54) is 45.5 Å². The zero-order valence-electron chi connectivity index (χ0n) is 28.0. The molecule has 1 N–H and O–H groups in total. The van der Waals surface area contributed by atoms with E-state index in [1.54, 1.807) is 18.2 Å². The second-order valence-electron chi connectivity index (χ2n) is 12.5. The Bertz CT molecular complexity index is 1930. The first-order valence-electron chi connectivity index (χ1n) is 16.4. The Hall–Kier alpha value is -4.83.